The molecular weight excluding hydrogens is 216 g/mol. The third-order valence-corrected chi connectivity index (χ3v) is 2.55. The summed E-state index contributed by atoms with van der Waals surface area (Å²) in [6.45, 7) is 0. The Morgan fingerprint density at radius 2 is 2.12 bits per heavy atom. The third kappa shape index (κ3) is 2.79. The fourth-order valence-electron chi connectivity index (χ4n) is 1.69. The number of Topliss-reactive ketones (excluding diaryl/α,β-unsaturated/α-hetero) is 1. The SMILES string of the molecule is Cn1cc(CC(O)C(=O)c2ccccc2)cn1. The topological polar surface area (TPSA) is 55.1 Å². The first-order valence-corrected chi connectivity index (χ1v) is 5.41. The Labute approximate surface area is 99.5 Å². The van der Waals surface area contributed by atoms with Crippen molar-refractivity contribution in [2.75, 3.05) is 0 Å². The van der Waals surface area contributed by atoms with Gasteiger partial charge in [-0.1, -0.05) is 30.3 Å². The minimum absolute atomic E-state index is 0.255. The number of hydrogen-bond acceptors (Lipinski definition) is 3. The predicted octanol–water partition coefficient (Wildman–Crippen LogP) is 1.21. The van der Waals surface area contributed by atoms with Crippen molar-refractivity contribution in [3.8, 4) is 0 Å². The second-order valence-electron chi connectivity index (χ2n) is 3.97. The molecule has 4 nitrogen and oxygen atoms in total. The van der Waals surface area contributed by atoms with Gasteiger partial charge < -0.3 is 5.11 Å². The molecule has 0 amide bonds. The summed E-state index contributed by atoms with van der Waals surface area (Å²) in [4.78, 5) is 11.9. The van der Waals surface area contributed by atoms with Crippen LogP contribution in [0, 0.1) is 0 Å². The van der Waals surface area contributed by atoms with Gasteiger partial charge in [-0.3, -0.25) is 9.48 Å². The van der Waals surface area contributed by atoms with Gasteiger partial charge in [0.25, 0.3) is 0 Å². The lowest BCUT2D eigenvalue weighted by Gasteiger charge is -2.07. The number of ketones is 1. The van der Waals surface area contributed by atoms with E-state index in [9.17, 15) is 9.90 Å². The number of rotatable bonds is 4. The lowest BCUT2D eigenvalue weighted by atomic mass is 10.0. The number of carbonyl (C=O) groups is 1. The van der Waals surface area contributed by atoms with Gasteiger partial charge in [0.2, 0.25) is 0 Å². The molecule has 2 rings (SSSR count). The monoisotopic (exact) mass is 230 g/mol. The normalized spacial score (nSPS) is 12.4. The van der Waals surface area contributed by atoms with Crippen LogP contribution in [0.15, 0.2) is 42.7 Å². The average Bonchev–Trinajstić information content (AvgIpc) is 2.75. The van der Waals surface area contributed by atoms with Crippen LogP contribution in [0.3, 0.4) is 0 Å². The fourth-order valence-corrected chi connectivity index (χ4v) is 1.69. The van der Waals surface area contributed by atoms with Crippen molar-refractivity contribution >= 4 is 5.78 Å². The minimum Gasteiger partial charge on any atom is -0.385 e. The Kier molecular flexibility index (Phi) is 3.35. The van der Waals surface area contributed by atoms with Crippen molar-refractivity contribution in [2.24, 2.45) is 7.05 Å². The van der Waals surface area contributed by atoms with E-state index in [-0.39, 0.29) is 5.78 Å². The van der Waals surface area contributed by atoms with Crippen molar-refractivity contribution in [2.45, 2.75) is 12.5 Å². The van der Waals surface area contributed by atoms with Gasteiger partial charge in [0.1, 0.15) is 6.10 Å². The van der Waals surface area contributed by atoms with Crippen molar-refractivity contribution in [3.63, 3.8) is 0 Å². The van der Waals surface area contributed by atoms with Crippen LogP contribution < -0.4 is 0 Å². The minimum atomic E-state index is -1.01. The van der Waals surface area contributed by atoms with Gasteiger partial charge in [0, 0.05) is 25.2 Å². The van der Waals surface area contributed by atoms with Crippen LogP contribution in [-0.2, 0) is 13.5 Å². The van der Waals surface area contributed by atoms with Gasteiger partial charge in [0.05, 0.1) is 6.20 Å². The number of aryl methyl sites for hydroxylation is 1. The number of aliphatic hydroxyl groups is 1. The van der Waals surface area contributed by atoms with E-state index in [0.29, 0.717) is 12.0 Å². The number of benzene rings is 1. The molecular formula is C13H14N2O2. The molecule has 0 aliphatic rings. The molecule has 88 valence electrons. The first-order valence-electron chi connectivity index (χ1n) is 5.41. The Hall–Kier alpha value is -1.94. The molecule has 1 aromatic heterocycles. The van der Waals surface area contributed by atoms with E-state index in [1.54, 1.807) is 48.4 Å². The van der Waals surface area contributed by atoms with E-state index in [2.05, 4.69) is 5.10 Å². The van der Waals surface area contributed by atoms with Crippen molar-refractivity contribution in [3.05, 3.63) is 53.9 Å². The summed E-state index contributed by atoms with van der Waals surface area (Å²) in [5.41, 5.74) is 1.38. The zero-order valence-electron chi connectivity index (χ0n) is 9.58. The second kappa shape index (κ2) is 4.93. The Balaban J connectivity index is 2.06. The molecule has 0 spiro atoms. The van der Waals surface area contributed by atoms with Crippen LogP contribution in [0.5, 0.6) is 0 Å². The van der Waals surface area contributed by atoms with Gasteiger partial charge in [0.15, 0.2) is 5.78 Å². The smallest absolute Gasteiger partial charge is 0.191 e. The molecule has 1 unspecified atom stereocenters. The largest absolute Gasteiger partial charge is 0.385 e. The molecule has 0 bridgehead atoms. The molecule has 2 aromatic rings. The van der Waals surface area contributed by atoms with Crippen LogP contribution in [0.4, 0.5) is 0 Å². The van der Waals surface area contributed by atoms with E-state index >= 15 is 0 Å². The number of hydrogen-bond donors (Lipinski definition) is 1. The summed E-state index contributed by atoms with van der Waals surface area (Å²) in [6, 6.07) is 8.81. The average molecular weight is 230 g/mol. The molecule has 1 aromatic carbocycles. The maximum atomic E-state index is 11.9. The molecule has 1 N–H and O–H groups in total. The molecule has 0 saturated carbocycles. The van der Waals surface area contributed by atoms with Gasteiger partial charge >= 0.3 is 0 Å². The van der Waals surface area contributed by atoms with Crippen molar-refractivity contribution < 1.29 is 9.90 Å². The molecule has 0 aliphatic carbocycles. The van der Waals surface area contributed by atoms with Crippen molar-refractivity contribution in [1.82, 2.24) is 9.78 Å². The van der Waals surface area contributed by atoms with Crippen molar-refractivity contribution in [1.29, 1.82) is 0 Å². The molecule has 0 radical (unpaired) electrons. The molecule has 0 fully saturated rings. The van der Waals surface area contributed by atoms with Gasteiger partial charge in [-0.2, -0.15) is 5.10 Å². The highest BCUT2D eigenvalue weighted by atomic mass is 16.3. The zero-order valence-corrected chi connectivity index (χ0v) is 9.58. The molecule has 0 saturated heterocycles. The number of nitrogens with zero attached hydrogens (tertiary/aromatic N) is 2. The summed E-state index contributed by atoms with van der Waals surface area (Å²) < 4.78 is 1.65. The first kappa shape index (κ1) is 11.5. The van der Waals surface area contributed by atoms with Gasteiger partial charge in [-0.15, -0.1) is 0 Å². The molecule has 0 aliphatic heterocycles. The van der Waals surface area contributed by atoms with Crippen LogP contribution >= 0.6 is 0 Å². The summed E-state index contributed by atoms with van der Waals surface area (Å²) >= 11 is 0. The second-order valence-corrected chi connectivity index (χ2v) is 3.97. The zero-order chi connectivity index (χ0) is 12.3. The van der Waals surface area contributed by atoms with Crippen LogP contribution in [0.2, 0.25) is 0 Å². The lowest BCUT2D eigenvalue weighted by Crippen LogP contribution is -2.22. The Morgan fingerprint density at radius 3 is 2.71 bits per heavy atom. The van der Waals surface area contributed by atoms with Crippen LogP contribution in [0.1, 0.15) is 15.9 Å². The Bertz CT molecular complexity index is 505. The fraction of sp³-hybridized carbons (Fsp3) is 0.231. The quantitative estimate of drug-likeness (QED) is 0.803. The van der Waals surface area contributed by atoms with E-state index < -0.39 is 6.10 Å². The Morgan fingerprint density at radius 1 is 1.41 bits per heavy atom. The summed E-state index contributed by atoms with van der Waals surface area (Å²) in [6.07, 6.45) is 2.73. The van der Waals surface area contributed by atoms with Crippen LogP contribution in [-0.4, -0.2) is 26.8 Å². The van der Waals surface area contributed by atoms with Crippen LogP contribution in [0.25, 0.3) is 0 Å². The number of carbonyl (C=O) groups excluding carboxylic acids is 1. The molecule has 1 heterocycles. The van der Waals surface area contributed by atoms with Gasteiger partial charge in [-0.25, -0.2) is 0 Å². The highest BCUT2D eigenvalue weighted by molar-refractivity contribution is 5.99. The standard InChI is InChI=1S/C13H14N2O2/c1-15-9-10(8-14-15)7-12(16)13(17)11-5-3-2-4-6-11/h2-6,8-9,12,16H,7H2,1H3. The number of aliphatic hydroxyl groups excluding tert-OH is 1. The third-order valence-electron chi connectivity index (χ3n) is 2.55. The van der Waals surface area contributed by atoms with E-state index in [1.807, 2.05) is 6.07 Å². The molecule has 1 atom stereocenters. The molecule has 17 heavy (non-hydrogen) atoms. The lowest BCUT2D eigenvalue weighted by molar-refractivity contribution is 0.0748. The summed E-state index contributed by atoms with van der Waals surface area (Å²) in [7, 11) is 1.80. The summed E-state index contributed by atoms with van der Waals surface area (Å²) in [5, 5.41) is 13.8. The number of aromatic nitrogens is 2. The molecule has 4 heteroatoms. The predicted molar refractivity (Wildman–Crippen MR) is 63.7 cm³/mol. The summed E-state index contributed by atoms with van der Waals surface area (Å²) in [5.74, 6) is -0.255. The van der Waals surface area contributed by atoms with E-state index in [1.165, 1.54) is 0 Å². The van der Waals surface area contributed by atoms with Gasteiger partial charge in [-0.05, 0) is 5.56 Å². The highest BCUT2D eigenvalue weighted by Crippen LogP contribution is 2.08. The maximum Gasteiger partial charge on any atom is 0.191 e. The van der Waals surface area contributed by atoms with E-state index in [0.717, 1.165) is 5.56 Å². The van der Waals surface area contributed by atoms with E-state index in [4.69, 9.17) is 0 Å². The maximum absolute atomic E-state index is 11.9. The highest BCUT2D eigenvalue weighted by Gasteiger charge is 2.17. The first-order chi connectivity index (χ1) is 8.16.